The summed E-state index contributed by atoms with van der Waals surface area (Å²) < 4.78 is 1.12. The van der Waals surface area contributed by atoms with Gasteiger partial charge in [0, 0.05) is 10.2 Å². The predicted octanol–water partition coefficient (Wildman–Crippen LogP) is 3.86. The van der Waals surface area contributed by atoms with Gasteiger partial charge in [-0.25, -0.2) is 0 Å². The van der Waals surface area contributed by atoms with Crippen LogP contribution in [0, 0.1) is 6.92 Å². The van der Waals surface area contributed by atoms with Crippen molar-refractivity contribution in [3.05, 3.63) is 28.2 Å². The van der Waals surface area contributed by atoms with Crippen molar-refractivity contribution in [3.8, 4) is 0 Å². The predicted molar refractivity (Wildman–Crippen MR) is 75.4 cm³/mol. The van der Waals surface area contributed by atoms with Crippen LogP contribution in [0.5, 0.6) is 0 Å². The first kappa shape index (κ1) is 12.9. The molecule has 0 amide bonds. The van der Waals surface area contributed by atoms with Gasteiger partial charge in [-0.05, 0) is 37.5 Å². The highest BCUT2D eigenvalue weighted by atomic mass is 79.9. The molecule has 0 spiro atoms. The highest BCUT2D eigenvalue weighted by molar-refractivity contribution is 9.10. The van der Waals surface area contributed by atoms with Crippen molar-refractivity contribution >= 4 is 21.6 Å². The quantitative estimate of drug-likeness (QED) is 0.813. The maximum Gasteiger partial charge on any atom is 0.0741 e. The number of rotatable bonds is 2. The molecule has 2 unspecified atom stereocenters. The molecule has 2 nitrogen and oxygen atoms in total. The molecule has 0 aliphatic heterocycles. The van der Waals surface area contributed by atoms with Crippen molar-refractivity contribution in [3.63, 3.8) is 0 Å². The minimum absolute atomic E-state index is 0.200. The second-order valence-electron chi connectivity index (χ2n) is 4.87. The number of anilines is 1. The fourth-order valence-electron chi connectivity index (χ4n) is 2.42. The highest BCUT2D eigenvalue weighted by Gasteiger charge is 2.21. The van der Waals surface area contributed by atoms with E-state index in [9.17, 15) is 5.11 Å². The van der Waals surface area contributed by atoms with E-state index in [0.717, 1.165) is 29.4 Å². The molecule has 2 rings (SSSR count). The molecule has 17 heavy (non-hydrogen) atoms. The molecule has 3 heteroatoms. The maximum atomic E-state index is 10.1. The number of nitrogens with one attached hydrogen (secondary N) is 1. The number of hydrogen-bond acceptors (Lipinski definition) is 2. The highest BCUT2D eigenvalue weighted by Crippen LogP contribution is 2.27. The van der Waals surface area contributed by atoms with Crippen molar-refractivity contribution in [2.45, 2.75) is 51.2 Å². The average molecular weight is 298 g/mol. The summed E-state index contributed by atoms with van der Waals surface area (Å²) in [5.74, 6) is 0. The van der Waals surface area contributed by atoms with Crippen LogP contribution in [0.1, 0.15) is 37.7 Å². The van der Waals surface area contributed by atoms with Gasteiger partial charge in [0.2, 0.25) is 0 Å². The van der Waals surface area contributed by atoms with Crippen molar-refractivity contribution in [2.75, 3.05) is 5.32 Å². The summed E-state index contributed by atoms with van der Waals surface area (Å²) >= 11 is 3.54. The molecular weight excluding hydrogens is 278 g/mol. The summed E-state index contributed by atoms with van der Waals surface area (Å²) in [5, 5.41) is 13.6. The summed E-state index contributed by atoms with van der Waals surface area (Å²) in [6.07, 6.45) is 5.37. The number of hydrogen-bond donors (Lipinski definition) is 2. The summed E-state index contributed by atoms with van der Waals surface area (Å²) in [4.78, 5) is 0. The van der Waals surface area contributed by atoms with Crippen LogP contribution in [-0.2, 0) is 0 Å². The molecule has 94 valence electrons. The Kier molecular flexibility index (Phi) is 4.46. The number of halogens is 1. The van der Waals surface area contributed by atoms with Gasteiger partial charge in [0.25, 0.3) is 0 Å². The zero-order chi connectivity index (χ0) is 12.3. The van der Waals surface area contributed by atoms with Crippen LogP contribution >= 0.6 is 15.9 Å². The fourth-order valence-corrected chi connectivity index (χ4v) is 2.79. The third-order valence-corrected chi connectivity index (χ3v) is 4.45. The van der Waals surface area contributed by atoms with Gasteiger partial charge in [0.15, 0.2) is 0 Å². The molecular formula is C14H20BrNO. The maximum absolute atomic E-state index is 10.1. The second kappa shape index (κ2) is 5.87. The Bertz CT molecular complexity index is 380. The standard InChI is InChI=1S/C14H20BrNO/c1-10-11(15)6-5-8-12(10)16-13-7-3-2-4-9-14(13)17/h5-6,8,13-14,16-17H,2-4,7,9H2,1H3. The minimum atomic E-state index is -0.212. The average Bonchev–Trinajstić information content (AvgIpc) is 2.51. The second-order valence-corrected chi connectivity index (χ2v) is 5.72. The van der Waals surface area contributed by atoms with E-state index in [1.807, 2.05) is 12.1 Å². The van der Waals surface area contributed by atoms with E-state index in [2.05, 4.69) is 34.2 Å². The summed E-state index contributed by atoms with van der Waals surface area (Å²) in [5.41, 5.74) is 2.34. The monoisotopic (exact) mass is 297 g/mol. The Morgan fingerprint density at radius 1 is 1.24 bits per heavy atom. The van der Waals surface area contributed by atoms with Gasteiger partial charge in [0.05, 0.1) is 12.1 Å². The summed E-state index contributed by atoms with van der Waals surface area (Å²) in [7, 11) is 0. The zero-order valence-corrected chi connectivity index (χ0v) is 11.8. The molecule has 1 aromatic rings. The molecule has 2 N–H and O–H groups in total. The van der Waals surface area contributed by atoms with Crippen LogP contribution < -0.4 is 5.32 Å². The first-order valence-electron chi connectivity index (χ1n) is 6.38. The van der Waals surface area contributed by atoms with E-state index in [4.69, 9.17) is 0 Å². The van der Waals surface area contributed by atoms with Crippen LogP contribution in [0.3, 0.4) is 0 Å². The van der Waals surface area contributed by atoms with E-state index in [0.29, 0.717) is 0 Å². The first-order valence-corrected chi connectivity index (χ1v) is 7.17. The summed E-state index contributed by atoms with van der Waals surface area (Å²) in [6, 6.07) is 6.36. The van der Waals surface area contributed by atoms with E-state index >= 15 is 0 Å². The molecule has 1 aliphatic carbocycles. The Morgan fingerprint density at radius 2 is 2.00 bits per heavy atom. The van der Waals surface area contributed by atoms with Gasteiger partial charge < -0.3 is 10.4 Å². The van der Waals surface area contributed by atoms with Crippen molar-refractivity contribution in [1.82, 2.24) is 0 Å². The van der Waals surface area contributed by atoms with Crippen LogP contribution in [0.15, 0.2) is 22.7 Å². The van der Waals surface area contributed by atoms with E-state index in [-0.39, 0.29) is 12.1 Å². The molecule has 0 bridgehead atoms. The molecule has 1 saturated carbocycles. The fraction of sp³-hybridized carbons (Fsp3) is 0.571. The van der Waals surface area contributed by atoms with Gasteiger partial charge in [-0.3, -0.25) is 0 Å². The SMILES string of the molecule is Cc1c(Br)cccc1NC1CCCCCC1O. The lowest BCUT2D eigenvalue weighted by atomic mass is 10.0. The van der Waals surface area contributed by atoms with Gasteiger partial charge in [-0.1, -0.05) is 41.3 Å². The molecule has 1 aliphatic rings. The lowest BCUT2D eigenvalue weighted by Gasteiger charge is -2.24. The van der Waals surface area contributed by atoms with Gasteiger partial charge in [-0.15, -0.1) is 0 Å². The minimum Gasteiger partial charge on any atom is -0.391 e. The normalized spacial score (nSPS) is 25.4. The van der Waals surface area contributed by atoms with Crippen LogP contribution in [0.2, 0.25) is 0 Å². The molecule has 2 atom stereocenters. The van der Waals surface area contributed by atoms with Crippen LogP contribution in [0.25, 0.3) is 0 Å². The molecule has 0 aromatic heterocycles. The zero-order valence-electron chi connectivity index (χ0n) is 10.2. The lowest BCUT2D eigenvalue weighted by Crippen LogP contribution is -2.32. The Hall–Kier alpha value is -0.540. The van der Waals surface area contributed by atoms with Gasteiger partial charge >= 0.3 is 0 Å². The molecule has 0 saturated heterocycles. The first-order chi connectivity index (χ1) is 8.18. The summed E-state index contributed by atoms with van der Waals surface area (Å²) in [6.45, 7) is 2.09. The third kappa shape index (κ3) is 3.23. The third-order valence-electron chi connectivity index (χ3n) is 3.59. The Labute approximate surface area is 112 Å². The van der Waals surface area contributed by atoms with Crippen LogP contribution in [0.4, 0.5) is 5.69 Å². The van der Waals surface area contributed by atoms with Crippen molar-refractivity contribution in [2.24, 2.45) is 0 Å². The van der Waals surface area contributed by atoms with E-state index in [1.54, 1.807) is 0 Å². The largest absolute Gasteiger partial charge is 0.391 e. The van der Waals surface area contributed by atoms with Crippen molar-refractivity contribution in [1.29, 1.82) is 0 Å². The molecule has 0 heterocycles. The number of aliphatic hydroxyl groups excluding tert-OH is 1. The number of benzene rings is 1. The number of aliphatic hydroxyl groups is 1. The van der Waals surface area contributed by atoms with Crippen molar-refractivity contribution < 1.29 is 5.11 Å². The Morgan fingerprint density at radius 3 is 2.82 bits per heavy atom. The molecule has 1 fully saturated rings. The van der Waals surface area contributed by atoms with Gasteiger partial charge in [-0.2, -0.15) is 0 Å². The molecule has 1 aromatic carbocycles. The lowest BCUT2D eigenvalue weighted by molar-refractivity contribution is 0.144. The van der Waals surface area contributed by atoms with Crippen LogP contribution in [-0.4, -0.2) is 17.3 Å². The Balaban J connectivity index is 2.10. The van der Waals surface area contributed by atoms with E-state index < -0.39 is 0 Å². The smallest absolute Gasteiger partial charge is 0.0741 e. The molecule has 0 radical (unpaired) electrons. The van der Waals surface area contributed by atoms with Gasteiger partial charge in [0.1, 0.15) is 0 Å². The topological polar surface area (TPSA) is 32.3 Å². The van der Waals surface area contributed by atoms with E-state index in [1.165, 1.54) is 18.4 Å².